The van der Waals surface area contributed by atoms with Crippen molar-refractivity contribution in [3.05, 3.63) is 29.8 Å². The van der Waals surface area contributed by atoms with E-state index in [1.165, 1.54) is 6.07 Å². The first-order chi connectivity index (χ1) is 8.29. The van der Waals surface area contributed by atoms with E-state index in [9.17, 15) is 22.0 Å². The van der Waals surface area contributed by atoms with Crippen LogP contribution in [0.25, 0.3) is 0 Å². The van der Waals surface area contributed by atoms with Crippen molar-refractivity contribution >= 4 is 0 Å². The Morgan fingerprint density at radius 1 is 1.06 bits per heavy atom. The van der Waals surface area contributed by atoms with Crippen LogP contribution in [0.3, 0.4) is 0 Å². The van der Waals surface area contributed by atoms with Crippen molar-refractivity contribution in [3.8, 4) is 5.75 Å². The van der Waals surface area contributed by atoms with Crippen LogP contribution in [0.15, 0.2) is 24.3 Å². The third-order valence-corrected chi connectivity index (χ3v) is 1.86. The molecule has 0 aliphatic heterocycles. The molecule has 0 aromatic heterocycles. The lowest BCUT2D eigenvalue weighted by molar-refractivity contribution is -0.289. The number of rotatable bonds is 3. The predicted octanol–water partition coefficient (Wildman–Crippen LogP) is 4.77. The number of hydrogen-bond acceptors (Lipinski definition) is 1. The molecule has 1 rings (SSSR count). The maximum atomic E-state index is 12.9. The van der Waals surface area contributed by atoms with Crippen molar-refractivity contribution in [1.29, 1.82) is 0 Å². The quantitative estimate of drug-likeness (QED) is 0.719. The Hall–Kier alpha value is -1.33. The summed E-state index contributed by atoms with van der Waals surface area (Å²) >= 11 is 0. The molecule has 0 heterocycles. The van der Waals surface area contributed by atoms with Gasteiger partial charge in [0.15, 0.2) is 0 Å². The highest BCUT2D eigenvalue weighted by Gasteiger charge is 2.58. The van der Waals surface area contributed by atoms with Gasteiger partial charge < -0.3 is 4.74 Å². The number of benzene rings is 1. The molecule has 0 bridgehead atoms. The summed E-state index contributed by atoms with van der Waals surface area (Å²) in [5, 5.41) is 0. The second-order valence-electron chi connectivity index (χ2n) is 3.03. The van der Waals surface area contributed by atoms with E-state index in [0.29, 0.717) is 6.07 Å². The molecule has 6 heteroatoms. The molecule has 1 aromatic rings. The minimum Gasteiger partial charge on any atom is -0.494 e. The fraction of sp³-hybridized carbons (Fsp3) is 0.500. The molecule has 0 aliphatic rings. The van der Waals surface area contributed by atoms with E-state index < -0.39 is 17.7 Å². The molecule has 0 atom stereocenters. The smallest absolute Gasteiger partial charge is 0.458 e. The van der Waals surface area contributed by atoms with Crippen LogP contribution in [0.4, 0.5) is 22.0 Å². The zero-order valence-electron chi connectivity index (χ0n) is 10.3. The fourth-order valence-electron chi connectivity index (χ4n) is 1.11. The molecule has 0 saturated carbocycles. The molecule has 104 valence electrons. The lowest BCUT2D eigenvalue weighted by Gasteiger charge is -2.20. The zero-order chi connectivity index (χ0) is 14.4. The molecular formula is C12H15F5O. The molecule has 0 unspecified atom stereocenters. The third kappa shape index (κ3) is 3.85. The van der Waals surface area contributed by atoms with Gasteiger partial charge in [-0.3, -0.25) is 0 Å². The third-order valence-electron chi connectivity index (χ3n) is 1.86. The summed E-state index contributed by atoms with van der Waals surface area (Å²) in [7, 11) is 0. The lowest BCUT2D eigenvalue weighted by atomic mass is 10.1. The van der Waals surface area contributed by atoms with Crippen molar-refractivity contribution in [2.24, 2.45) is 0 Å². The van der Waals surface area contributed by atoms with Crippen LogP contribution in [0, 0.1) is 0 Å². The van der Waals surface area contributed by atoms with E-state index in [0.717, 1.165) is 12.1 Å². The van der Waals surface area contributed by atoms with Crippen LogP contribution >= 0.6 is 0 Å². The largest absolute Gasteiger partial charge is 0.494 e. The van der Waals surface area contributed by atoms with E-state index in [4.69, 9.17) is 4.74 Å². The Labute approximate surface area is 103 Å². The molecule has 0 radical (unpaired) electrons. The van der Waals surface area contributed by atoms with E-state index in [1.54, 1.807) is 6.92 Å². The zero-order valence-corrected chi connectivity index (χ0v) is 10.3. The monoisotopic (exact) mass is 270 g/mol. The van der Waals surface area contributed by atoms with E-state index in [1.807, 2.05) is 13.8 Å². The van der Waals surface area contributed by atoms with E-state index in [-0.39, 0.29) is 12.4 Å². The van der Waals surface area contributed by atoms with Crippen LogP contribution in [0.5, 0.6) is 5.75 Å². The highest BCUT2D eigenvalue weighted by atomic mass is 19.4. The Balaban J connectivity index is 0.00000137. The molecule has 0 fully saturated rings. The minimum atomic E-state index is -5.60. The lowest BCUT2D eigenvalue weighted by Crippen LogP contribution is -2.33. The van der Waals surface area contributed by atoms with Crippen molar-refractivity contribution in [2.45, 2.75) is 32.9 Å². The van der Waals surface area contributed by atoms with E-state index in [2.05, 4.69) is 0 Å². The maximum absolute atomic E-state index is 12.9. The molecule has 18 heavy (non-hydrogen) atoms. The molecule has 0 amide bonds. The molecule has 0 N–H and O–H groups in total. The first kappa shape index (κ1) is 16.7. The minimum absolute atomic E-state index is 0.0103. The number of ether oxygens (including phenoxy) is 1. The van der Waals surface area contributed by atoms with Gasteiger partial charge in [0.1, 0.15) is 5.75 Å². The van der Waals surface area contributed by atoms with Crippen molar-refractivity contribution in [3.63, 3.8) is 0 Å². The van der Waals surface area contributed by atoms with Gasteiger partial charge in [-0.15, -0.1) is 0 Å². The van der Waals surface area contributed by atoms with Gasteiger partial charge in [0.25, 0.3) is 0 Å². The normalized spacial score (nSPS) is 11.6. The van der Waals surface area contributed by atoms with Crippen molar-refractivity contribution in [1.82, 2.24) is 0 Å². The number of alkyl halides is 5. The van der Waals surface area contributed by atoms with Gasteiger partial charge >= 0.3 is 12.1 Å². The standard InChI is InChI=1S/C10H9F5O.C2H6/c1-2-16-8-5-3-4-7(6-8)9(11,12)10(13,14)15;1-2/h3-6H,2H2,1H3;1-2H3. The van der Waals surface area contributed by atoms with Gasteiger partial charge in [0, 0.05) is 5.56 Å². The summed E-state index contributed by atoms with van der Waals surface area (Å²) in [6.45, 7) is 5.80. The summed E-state index contributed by atoms with van der Waals surface area (Å²) in [6, 6.07) is 3.83. The Morgan fingerprint density at radius 3 is 2.06 bits per heavy atom. The average Bonchev–Trinajstić information content (AvgIpc) is 2.31. The molecule has 0 aliphatic carbocycles. The average molecular weight is 270 g/mol. The van der Waals surface area contributed by atoms with Gasteiger partial charge in [0.2, 0.25) is 0 Å². The Bertz CT molecular complexity index is 360. The summed E-state index contributed by atoms with van der Waals surface area (Å²) in [4.78, 5) is 0. The first-order valence-corrected chi connectivity index (χ1v) is 5.47. The molecule has 1 nitrogen and oxygen atoms in total. The van der Waals surface area contributed by atoms with Gasteiger partial charge in [-0.2, -0.15) is 22.0 Å². The summed E-state index contributed by atoms with van der Waals surface area (Å²) < 4.78 is 66.8. The van der Waals surface area contributed by atoms with Crippen LogP contribution in [-0.4, -0.2) is 12.8 Å². The highest BCUT2D eigenvalue weighted by Crippen LogP contribution is 2.44. The SMILES string of the molecule is CC.CCOc1cccc(C(F)(F)C(F)(F)F)c1. The maximum Gasteiger partial charge on any atom is 0.458 e. The van der Waals surface area contributed by atoms with Crippen LogP contribution < -0.4 is 4.74 Å². The van der Waals surface area contributed by atoms with Crippen LogP contribution in [0.1, 0.15) is 26.3 Å². The molecule has 1 aromatic carbocycles. The van der Waals surface area contributed by atoms with E-state index >= 15 is 0 Å². The summed E-state index contributed by atoms with van der Waals surface area (Å²) in [6.07, 6.45) is -5.60. The van der Waals surface area contributed by atoms with Gasteiger partial charge in [-0.1, -0.05) is 26.0 Å². The summed E-state index contributed by atoms with van der Waals surface area (Å²) in [5.41, 5.74) is -1.12. The number of hydrogen-bond donors (Lipinski definition) is 0. The Morgan fingerprint density at radius 2 is 1.61 bits per heavy atom. The van der Waals surface area contributed by atoms with Crippen molar-refractivity contribution in [2.75, 3.05) is 6.61 Å². The predicted molar refractivity (Wildman–Crippen MR) is 58.9 cm³/mol. The molecular weight excluding hydrogens is 255 g/mol. The van der Waals surface area contributed by atoms with Crippen LogP contribution in [-0.2, 0) is 5.92 Å². The Kier molecular flexibility index (Phi) is 6.08. The highest BCUT2D eigenvalue weighted by molar-refractivity contribution is 5.32. The summed E-state index contributed by atoms with van der Waals surface area (Å²) in [5.74, 6) is -4.87. The van der Waals surface area contributed by atoms with Crippen LogP contribution in [0.2, 0.25) is 0 Å². The second-order valence-corrected chi connectivity index (χ2v) is 3.03. The molecule has 0 saturated heterocycles. The van der Waals surface area contributed by atoms with Gasteiger partial charge in [-0.05, 0) is 19.1 Å². The van der Waals surface area contributed by atoms with Gasteiger partial charge in [0.05, 0.1) is 6.61 Å². The fourth-order valence-corrected chi connectivity index (χ4v) is 1.11. The van der Waals surface area contributed by atoms with Gasteiger partial charge in [-0.25, -0.2) is 0 Å². The molecule has 0 spiro atoms. The topological polar surface area (TPSA) is 9.23 Å². The second kappa shape index (κ2) is 6.56. The first-order valence-electron chi connectivity index (χ1n) is 5.47. The van der Waals surface area contributed by atoms with Crippen molar-refractivity contribution < 1.29 is 26.7 Å². The number of halogens is 5.